The summed E-state index contributed by atoms with van der Waals surface area (Å²) in [6.07, 6.45) is 4.81. The lowest BCUT2D eigenvalue weighted by molar-refractivity contribution is 0.324. The topological polar surface area (TPSA) is 59.2 Å². The Kier molecular flexibility index (Phi) is 3.07. The van der Waals surface area contributed by atoms with E-state index in [0.717, 1.165) is 24.6 Å². The van der Waals surface area contributed by atoms with E-state index in [1.807, 2.05) is 5.38 Å². The van der Waals surface area contributed by atoms with Crippen molar-refractivity contribution in [3.05, 3.63) is 17.3 Å². The summed E-state index contributed by atoms with van der Waals surface area (Å²) in [7, 11) is 0. The molecule has 1 N–H and O–H groups in total. The molecule has 2 heterocycles. The van der Waals surface area contributed by atoms with Crippen LogP contribution in [0.4, 0.5) is 0 Å². The molecule has 2 atom stereocenters. The molecule has 1 aliphatic rings. The second-order valence-corrected chi connectivity index (χ2v) is 5.98. The van der Waals surface area contributed by atoms with E-state index in [9.17, 15) is 5.11 Å². The minimum absolute atomic E-state index is 0.215. The first-order valence-corrected chi connectivity index (χ1v) is 7.22. The summed E-state index contributed by atoms with van der Waals surface area (Å²) < 4.78 is 5.27. The molecule has 5 heteroatoms. The van der Waals surface area contributed by atoms with Gasteiger partial charge in [0.2, 0.25) is 0 Å². The third-order valence-electron chi connectivity index (χ3n) is 3.58. The number of hydrogen-bond donors (Lipinski definition) is 1. The van der Waals surface area contributed by atoms with Crippen molar-refractivity contribution in [2.75, 3.05) is 0 Å². The van der Waals surface area contributed by atoms with Crippen LogP contribution in [0.2, 0.25) is 0 Å². The molecule has 2 unspecified atom stereocenters. The van der Waals surface area contributed by atoms with Crippen LogP contribution < -0.4 is 0 Å². The van der Waals surface area contributed by atoms with Crippen LogP contribution in [0.3, 0.4) is 0 Å². The summed E-state index contributed by atoms with van der Waals surface area (Å²) in [5, 5.41) is 15.5. The highest BCUT2D eigenvalue weighted by Gasteiger charge is 2.25. The van der Waals surface area contributed by atoms with Gasteiger partial charge in [-0.2, -0.15) is 4.98 Å². The van der Waals surface area contributed by atoms with E-state index in [-0.39, 0.29) is 5.75 Å². The molecular weight excluding hydrogens is 248 g/mol. The summed E-state index contributed by atoms with van der Waals surface area (Å²) in [6.45, 7) is 2.28. The van der Waals surface area contributed by atoms with Gasteiger partial charge in [0.15, 0.2) is 5.82 Å². The van der Waals surface area contributed by atoms with E-state index < -0.39 is 0 Å². The van der Waals surface area contributed by atoms with Gasteiger partial charge >= 0.3 is 0 Å². The highest BCUT2D eigenvalue weighted by Crippen LogP contribution is 2.37. The molecule has 1 fully saturated rings. The van der Waals surface area contributed by atoms with E-state index >= 15 is 0 Å². The van der Waals surface area contributed by atoms with Crippen molar-refractivity contribution in [3.8, 4) is 16.5 Å². The Morgan fingerprint density at radius 2 is 2.33 bits per heavy atom. The second kappa shape index (κ2) is 4.72. The molecule has 0 saturated heterocycles. The van der Waals surface area contributed by atoms with Crippen molar-refractivity contribution in [2.24, 2.45) is 5.92 Å². The predicted molar refractivity (Wildman–Crippen MR) is 69.6 cm³/mol. The van der Waals surface area contributed by atoms with Crippen LogP contribution in [0.15, 0.2) is 16.0 Å². The van der Waals surface area contributed by atoms with Crippen LogP contribution >= 0.6 is 11.3 Å². The highest BCUT2D eigenvalue weighted by atomic mass is 32.1. The van der Waals surface area contributed by atoms with E-state index in [1.165, 1.54) is 24.2 Å². The van der Waals surface area contributed by atoms with E-state index in [0.29, 0.717) is 16.7 Å². The number of aromatic nitrogens is 2. The summed E-state index contributed by atoms with van der Waals surface area (Å²) in [5.41, 5.74) is 0. The SMILES string of the molecule is CC1CCCC(c2noc(-c3sccc3O)n2)C1. The molecule has 4 nitrogen and oxygen atoms in total. The lowest BCUT2D eigenvalue weighted by Gasteiger charge is -2.23. The molecule has 18 heavy (non-hydrogen) atoms. The second-order valence-electron chi connectivity index (χ2n) is 5.06. The highest BCUT2D eigenvalue weighted by molar-refractivity contribution is 7.13. The summed E-state index contributed by atoms with van der Waals surface area (Å²) >= 11 is 1.42. The first kappa shape index (κ1) is 11.7. The smallest absolute Gasteiger partial charge is 0.271 e. The average Bonchev–Trinajstić information content (AvgIpc) is 2.97. The lowest BCUT2D eigenvalue weighted by atomic mass is 9.82. The van der Waals surface area contributed by atoms with E-state index in [2.05, 4.69) is 17.1 Å². The minimum Gasteiger partial charge on any atom is -0.506 e. The Morgan fingerprint density at radius 1 is 1.44 bits per heavy atom. The van der Waals surface area contributed by atoms with Gasteiger partial charge in [0, 0.05) is 5.92 Å². The Hall–Kier alpha value is -1.36. The molecule has 96 valence electrons. The Labute approximate surface area is 110 Å². The Morgan fingerprint density at radius 3 is 3.06 bits per heavy atom. The predicted octanol–water partition coefficient (Wildman–Crippen LogP) is 3.80. The number of hydrogen-bond acceptors (Lipinski definition) is 5. The number of rotatable bonds is 2. The van der Waals surface area contributed by atoms with Crippen molar-refractivity contribution in [1.29, 1.82) is 0 Å². The van der Waals surface area contributed by atoms with Gasteiger partial charge in [-0.15, -0.1) is 11.3 Å². The lowest BCUT2D eigenvalue weighted by Crippen LogP contribution is -2.12. The van der Waals surface area contributed by atoms with Gasteiger partial charge in [0.25, 0.3) is 5.89 Å². The monoisotopic (exact) mass is 264 g/mol. The number of thiophene rings is 1. The summed E-state index contributed by atoms with van der Waals surface area (Å²) in [4.78, 5) is 5.11. The third kappa shape index (κ3) is 2.14. The van der Waals surface area contributed by atoms with Gasteiger partial charge in [-0.05, 0) is 30.2 Å². The van der Waals surface area contributed by atoms with Crippen molar-refractivity contribution in [3.63, 3.8) is 0 Å². The zero-order valence-electron chi connectivity index (χ0n) is 10.3. The minimum atomic E-state index is 0.215. The third-order valence-corrected chi connectivity index (χ3v) is 4.47. The molecule has 1 aliphatic carbocycles. The molecule has 0 radical (unpaired) electrons. The fourth-order valence-electron chi connectivity index (χ4n) is 2.62. The van der Waals surface area contributed by atoms with Gasteiger partial charge in [0.1, 0.15) is 10.6 Å². The zero-order valence-corrected chi connectivity index (χ0v) is 11.1. The molecule has 1 saturated carbocycles. The molecule has 2 aromatic heterocycles. The van der Waals surface area contributed by atoms with Gasteiger partial charge < -0.3 is 9.63 Å². The van der Waals surface area contributed by atoms with Gasteiger partial charge in [-0.25, -0.2) is 0 Å². The van der Waals surface area contributed by atoms with Crippen LogP contribution in [0.1, 0.15) is 44.3 Å². The van der Waals surface area contributed by atoms with Crippen LogP contribution in [0.5, 0.6) is 5.75 Å². The van der Waals surface area contributed by atoms with Gasteiger partial charge in [-0.1, -0.05) is 24.9 Å². The molecule has 0 aliphatic heterocycles. The quantitative estimate of drug-likeness (QED) is 0.896. The van der Waals surface area contributed by atoms with Crippen molar-refractivity contribution in [1.82, 2.24) is 10.1 Å². The summed E-state index contributed by atoms with van der Waals surface area (Å²) in [5.74, 6) is 2.60. The fraction of sp³-hybridized carbons (Fsp3) is 0.538. The molecule has 0 spiro atoms. The normalized spacial score (nSPS) is 24.3. The maximum atomic E-state index is 9.65. The number of aromatic hydroxyl groups is 1. The summed E-state index contributed by atoms with van der Waals surface area (Å²) in [6, 6.07) is 1.65. The molecular formula is C13H16N2O2S. The Balaban J connectivity index is 1.83. The zero-order chi connectivity index (χ0) is 12.5. The molecule has 3 rings (SSSR count). The standard InChI is InChI=1S/C13H16N2O2S/c1-8-3-2-4-9(7-8)12-14-13(17-15-12)11-10(16)5-6-18-11/h5-6,8-9,16H,2-4,7H2,1H3. The maximum absolute atomic E-state index is 9.65. The number of nitrogens with zero attached hydrogens (tertiary/aromatic N) is 2. The first-order chi connectivity index (χ1) is 8.74. The molecule has 0 bridgehead atoms. The van der Waals surface area contributed by atoms with Crippen LogP contribution in [-0.2, 0) is 0 Å². The first-order valence-electron chi connectivity index (χ1n) is 6.34. The van der Waals surface area contributed by atoms with E-state index in [1.54, 1.807) is 6.07 Å². The average molecular weight is 264 g/mol. The van der Waals surface area contributed by atoms with Crippen molar-refractivity contribution >= 4 is 11.3 Å². The molecule has 2 aromatic rings. The van der Waals surface area contributed by atoms with Crippen molar-refractivity contribution in [2.45, 2.75) is 38.5 Å². The Bertz CT molecular complexity index is 535. The molecule has 0 aromatic carbocycles. The maximum Gasteiger partial charge on any atom is 0.271 e. The molecule has 0 amide bonds. The van der Waals surface area contributed by atoms with Crippen LogP contribution in [-0.4, -0.2) is 15.2 Å². The van der Waals surface area contributed by atoms with Crippen molar-refractivity contribution < 1.29 is 9.63 Å². The van der Waals surface area contributed by atoms with Gasteiger partial charge in [-0.3, -0.25) is 0 Å². The van der Waals surface area contributed by atoms with Crippen LogP contribution in [0, 0.1) is 5.92 Å². The largest absolute Gasteiger partial charge is 0.506 e. The fourth-order valence-corrected chi connectivity index (χ4v) is 3.33. The van der Waals surface area contributed by atoms with E-state index in [4.69, 9.17) is 4.52 Å². The van der Waals surface area contributed by atoms with Crippen LogP contribution in [0.25, 0.3) is 10.8 Å². The van der Waals surface area contributed by atoms with Gasteiger partial charge in [0.05, 0.1) is 0 Å².